The van der Waals surface area contributed by atoms with Crippen LogP contribution in [-0.2, 0) is 4.84 Å². The average molecular weight is 246 g/mol. The smallest absolute Gasteiger partial charge is 0.201 e. The van der Waals surface area contributed by atoms with Gasteiger partial charge in [0.05, 0.1) is 17.6 Å². The molecule has 18 heavy (non-hydrogen) atoms. The highest BCUT2D eigenvalue weighted by atomic mass is 16.6. The standard InChI is InChI=1S/C13H18N4O/c1-2-17-18-10-16-12-5-6-13(15-9-12)11-4-3-7-14-8-11/h4-6,9-10,14,17H,2-3,7-8H2,1H3. The summed E-state index contributed by atoms with van der Waals surface area (Å²) in [6.07, 6.45) is 6.42. The first-order valence-corrected chi connectivity index (χ1v) is 6.17. The van der Waals surface area contributed by atoms with E-state index in [2.05, 4.69) is 26.8 Å². The van der Waals surface area contributed by atoms with Gasteiger partial charge in [-0.2, -0.15) is 5.48 Å². The zero-order chi connectivity index (χ0) is 12.6. The van der Waals surface area contributed by atoms with Crippen molar-refractivity contribution in [3.8, 4) is 0 Å². The SMILES string of the molecule is CCNOC=Nc1ccc(C2=CCCNC2)nc1. The molecule has 0 bridgehead atoms. The van der Waals surface area contributed by atoms with E-state index in [1.807, 2.05) is 19.1 Å². The summed E-state index contributed by atoms with van der Waals surface area (Å²) in [5, 5.41) is 3.33. The molecule has 0 saturated carbocycles. The first-order chi connectivity index (χ1) is 8.90. The maximum Gasteiger partial charge on any atom is 0.201 e. The Balaban J connectivity index is 1.96. The summed E-state index contributed by atoms with van der Waals surface area (Å²) in [6.45, 7) is 4.63. The van der Waals surface area contributed by atoms with Crippen LogP contribution in [0.25, 0.3) is 5.57 Å². The van der Waals surface area contributed by atoms with Crippen molar-refractivity contribution in [1.82, 2.24) is 15.8 Å². The number of hydrogen-bond donors (Lipinski definition) is 2. The van der Waals surface area contributed by atoms with Gasteiger partial charge < -0.3 is 10.2 Å². The van der Waals surface area contributed by atoms with E-state index < -0.39 is 0 Å². The van der Waals surface area contributed by atoms with Crippen molar-refractivity contribution < 1.29 is 4.84 Å². The summed E-state index contributed by atoms with van der Waals surface area (Å²) in [7, 11) is 0. The Morgan fingerprint density at radius 1 is 1.56 bits per heavy atom. The van der Waals surface area contributed by atoms with Gasteiger partial charge in [0.25, 0.3) is 0 Å². The largest absolute Gasteiger partial charge is 0.397 e. The Labute approximate surface area is 107 Å². The lowest BCUT2D eigenvalue weighted by molar-refractivity contribution is 0.200. The fourth-order valence-corrected chi connectivity index (χ4v) is 1.70. The van der Waals surface area contributed by atoms with E-state index in [0.717, 1.165) is 37.4 Å². The highest BCUT2D eigenvalue weighted by molar-refractivity contribution is 5.66. The molecule has 1 aliphatic heterocycles. The lowest BCUT2D eigenvalue weighted by Crippen LogP contribution is -2.21. The number of nitrogens with one attached hydrogen (secondary N) is 2. The van der Waals surface area contributed by atoms with Crippen LogP contribution < -0.4 is 10.8 Å². The Hall–Kier alpha value is -1.72. The highest BCUT2D eigenvalue weighted by Gasteiger charge is 2.06. The van der Waals surface area contributed by atoms with Crippen LogP contribution in [0.4, 0.5) is 5.69 Å². The van der Waals surface area contributed by atoms with Gasteiger partial charge in [-0.05, 0) is 37.6 Å². The quantitative estimate of drug-likeness (QED) is 0.359. The Morgan fingerprint density at radius 2 is 2.50 bits per heavy atom. The molecule has 2 heterocycles. The van der Waals surface area contributed by atoms with Crippen LogP contribution in [0, 0.1) is 0 Å². The lowest BCUT2D eigenvalue weighted by atomic mass is 10.1. The summed E-state index contributed by atoms with van der Waals surface area (Å²) in [6, 6.07) is 3.92. The van der Waals surface area contributed by atoms with Crippen molar-refractivity contribution in [3.05, 3.63) is 30.1 Å². The minimum Gasteiger partial charge on any atom is -0.397 e. The maximum atomic E-state index is 4.94. The summed E-state index contributed by atoms with van der Waals surface area (Å²) in [5.41, 5.74) is 5.73. The predicted molar refractivity (Wildman–Crippen MR) is 72.6 cm³/mol. The molecule has 5 nitrogen and oxygen atoms in total. The normalized spacial score (nSPS) is 15.7. The molecule has 5 heteroatoms. The molecular formula is C13H18N4O. The Bertz CT molecular complexity index is 425. The van der Waals surface area contributed by atoms with Crippen molar-refractivity contribution in [1.29, 1.82) is 0 Å². The molecule has 0 saturated heterocycles. The molecule has 1 aromatic rings. The van der Waals surface area contributed by atoms with Gasteiger partial charge in [0.1, 0.15) is 0 Å². The first kappa shape index (κ1) is 12.7. The number of aromatic nitrogens is 1. The van der Waals surface area contributed by atoms with E-state index >= 15 is 0 Å². The molecule has 0 amide bonds. The van der Waals surface area contributed by atoms with Crippen molar-refractivity contribution in [2.75, 3.05) is 19.6 Å². The zero-order valence-electron chi connectivity index (χ0n) is 10.5. The van der Waals surface area contributed by atoms with E-state index in [1.165, 1.54) is 12.0 Å². The third-order valence-corrected chi connectivity index (χ3v) is 2.59. The van der Waals surface area contributed by atoms with Crippen molar-refractivity contribution in [3.63, 3.8) is 0 Å². The van der Waals surface area contributed by atoms with Crippen LogP contribution in [0.5, 0.6) is 0 Å². The van der Waals surface area contributed by atoms with Gasteiger partial charge in [-0.25, -0.2) is 4.99 Å². The Morgan fingerprint density at radius 3 is 3.17 bits per heavy atom. The number of hydrogen-bond acceptors (Lipinski definition) is 5. The minimum atomic E-state index is 0.740. The second-order valence-corrected chi connectivity index (χ2v) is 3.95. The number of pyridine rings is 1. The molecule has 96 valence electrons. The van der Waals surface area contributed by atoms with Gasteiger partial charge in [0, 0.05) is 13.1 Å². The van der Waals surface area contributed by atoms with Crippen LogP contribution in [0.3, 0.4) is 0 Å². The van der Waals surface area contributed by atoms with Gasteiger partial charge in [-0.1, -0.05) is 6.08 Å². The summed E-state index contributed by atoms with van der Waals surface area (Å²) in [4.78, 5) is 13.5. The molecule has 0 fully saturated rings. The van der Waals surface area contributed by atoms with E-state index in [-0.39, 0.29) is 0 Å². The fraction of sp³-hybridized carbons (Fsp3) is 0.385. The summed E-state index contributed by atoms with van der Waals surface area (Å²) in [5.74, 6) is 0. The topological polar surface area (TPSA) is 58.5 Å². The Kier molecular flexibility index (Phi) is 4.87. The molecule has 0 radical (unpaired) electrons. The number of rotatable bonds is 5. The monoisotopic (exact) mass is 246 g/mol. The molecule has 1 aliphatic rings. The van der Waals surface area contributed by atoms with Gasteiger partial charge in [0.15, 0.2) is 0 Å². The van der Waals surface area contributed by atoms with E-state index in [4.69, 9.17) is 4.84 Å². The third-order valence-electron chi connectivity index (χ3n) is 2.59. The number of hydroxylamine groups is 1. The molecule has 0 aromatic carbocycles. The van der Waals surface area contributed by atoms with E-state index in [1.54, 1.807) is 6.20 Å². The summed E-state index contributed by atoms with van der Waals surface area (Å²) < 4.78 is 0. The highest BCUT2D eigenvalue weighted by Crippen LogP contribution is 2.17. The van der Waals surface area contributed by atoms with Crippen LogP contribution in [0.1, 0.15) is 19.0 Å². The second kappa shape index (κ2) is 6.88. The molecular weight excluding hydrogens is 228 g/mol. The minimum absolute atomic E-state index is 0.740. The molecule has 0 atom stereocenters. The first-order valence-electron chi connectivity index (χ1n) is 6.17. The van der Waals surface area contributed by atoms with E-state index in [9.17, 15) is 0 Å². The molecule has 2 rings (SSSR count). The second-order valence-electron chi connectivity index (χ2n) is 3.95. The lowest BCUT2D eigenvalue weighted by Gasteiger charge is -2.13. The third kappa shape index (κ3) is 3.65. The number of nitrogens with zero attached hydrogens (tertiary/aromatic N) is 2. The van der Waals surface area contributed by atoms with Crippen LogP contribution >= 0.6 is 0 Å². The van der Waals surface area contributed by atoms with Crippen molar-refractivity contribution in [2.24, 2.45) is 4.99 Å². The van der Waals surface area contributed by atoms with Crippen molar-refractivity contribution >= 4 is 17.7 Å². The van der Waals surface area contributed by atoms with Crippen LogP contribution in [-0.4, -0.2) is 31.0 Å². The number of aliphatic imine (C=N–C) groups is 1. The molecule has 2 N–H and O–H groups in total. The van der Waals surface area contributed by atoms with Crippen molar-refractivity contribution in [2.45, 2.75) is 13.3 Å². The average Bonchev–Trinajstić information content (AvgIpc) is 2.45. The van der Waals surface area contributed by atoms with Gasteiger partial charge >= 0.3 is 0 Å². The predicted octanol–water partition coefficient (Wildman–Crippen LogP) is 1.66. The summed E-state index contributed by atoms with van der Waals surface area (Å²) >= 11 is 0. The molecule has 0 aliphatic carbocycles. The van der Waals surface area contributed by atoms with E-state index in [0.29, 0.717) is 0 Å². The van der Waals surface area contributed by atoms with Gasteiger partial charge in [-0.3, -0.25) is 4.98 Å². The maximum absolute atomic E-state index is 4.94. The molecule has 1 aromatic heterocycles. The van der Waals surface area contributed by atoms with Gasteiger partial charge in [0.2, 0.25) is 6.40 Å². The molecule has 0 unspecified atom stereocenters. The van der Waals surface area contributed by atoms with Crippen LogP contribution in [0.2, 0.25) is 0 Å². The fourth-order valence-electron chi connectivity index (χ4n) is 1.70. The van der Waals surface area contributed by atoms with Gasteiger partial charge in [-0.15, -0.1) is 0 Å². The zero-order valence-corrected chi connectivity index (χ0v) is 10.5. The molecule has 0 spiro atoms. The van der Waals surface area contributed by atoms with Crippen LogP contribution in [0.15, 0.2) is 29.4 Å².